The summed E-state index contributed by atoms with van der Waals surface area (Å²) in [5.74, 6) is -0.296. The van der Waals surface area contributed by atoms with E-state index in [4.69, 9.17) is 5.73 Å². The number of aryl methyl sites for hydroxylation is 1. The van der Waals surface area contributed by atoms with E-state index in [1.165, 1.54) is 5.56 Å². The van der Waals surface area contributed by atoms with Crippen LogP contribution in [0.5, 0.6) is 0 Å². The molecule has 0 saturated carbocycles. The minimum Gasteiger partial charge on any atom is -0.346 e. The van der Waals surface area contributed by atoms with Gasteiger partial charge in [0.15, 0.2) is 0 Å². The van der Waals surface area contributed by atoms with Gasteiger partial charge in [-0.2, -0.15) is 0 Å². The number of rotatable bonds is 6. The minimum absolute atomic E-state index is 0. The van der Waals surface area contributed by atoms with Crippen LogP contribution < -0.4 is 11.1 Å². The van der Waals surface area contributed by atoms with Gasteiger partial charge in [0.1, 0.15) is 0 Å². The van der Waals surface area contributed by atoms with Crippen LogP contribution in [0.1, 0.15) is 24.8 Å². The van der Waals surface area contributed by atoms with Crippen LogP contribution >= 0.6 is 12.4 Å². The average molecular weight is 326 g/mol. The van der Waals surface area contributed by atoms with Gasteiger partial charge in [0.05, 0.1) is 13.1 Å². The molecule has 1 unspecified atom stereocenters. The first-order chi connectivity index (χ1) is 10.2. The van der Waals surface area contributed by atoms with E-state index >= 15 is 0 Å². The summed E-state index contributed by atoms with van der Waals surface area (Å²) in [6, 6.07) is 10.6. The molecule has 0 aliphatic carbocycles. The van der Waals surface area contributed by atoms with Crippen molar-refractivity contribution in [3.63, 3.8) is 0 Å². The molecule has 3 N–H and O–H groups in total. The Kier molecular flexibility index (Phi) is 7.91. The Morgan fingerprint density at radius 2 is 2.00 bits per heavy atom. The summed E-state index contributed by atoms with van der Waals surface area (Å²) < 4.78 is 0. The molecule has 5 nitrogen and oxygen atoms in total. The van der Waals surface area contributed by atoms with Crippen LogP contribution in [0.15, 0.2) is 30.3 Å². The SMILES string of the molecule is Cl.NCC(=O)NCC(=O)N1CCCC1CCc1ccccc1. The largest absolute Gasteiger partial charge is 0.346 e. The summed E-state index contributed by atoms with van der Waals surface area (Å²) in [5.41, 5.74) is 6.51. The van der Waals surface area contributed by atoms with Gasteiger partial charge < -0.3 is 16.0 Å². The fourth-order valence-corrected chi connectivity index (χ4v) is 2.79. The van der Waals surface area contributed by atoms with Crippen molar-refractivity contribution in [1.29, 1.82) is 0 Å². The molecule has 0 aromatic heterocycles. The Hall–Kier alpha value is -1.59. The molecule has 1 aromatic rings. The van der Waals surface area contributed by atoms with E-state index in [1.807, 2.05) is 23.1 Å². The summed E-state index contributed by atoms with van der Waals surface area (Å²) in [6.07, 6.45) is 4.03. The van der Waals surface area contributed by atoms with E-state index in [2.05, 4.69) is 17.4 Å². The van der Waals surface area contributed by atoms with Crippen molar-refractivity contribution in [2.75, 3.05) is 19.6 Å². The third-order valence-electron chi connectivity index (χ3n) is 3.93. The summed E-state index contributed by atoms with van der Waals surface area (Å²) in [6.45, 7) is 0.763. The first kappa shape index (κ1) is 18.5. The number of nitrogens with two attached hydrogens (primary N) is 1. The lowest BCUT2D eigenvalue weighted by Crippen LogP contribution is -2.44. The number of hydrogen-bond acceptors (Lipinski definition) is 3. The molecule has 1 fully saturated rings. The highest BCUT2D eigenvalue weighted by molar-refractivity contribution is 5.86. The minimum atomic E-state index is -0.289. The van der Waals surface area contributed by atoms with Crippen molar-refractivity contribution in [3.8, 4) is 0 Å². The number of carbonyl (C=O) groups excluding carboxylic acids is 2. The highest BCUT2D eigenvalue weighted by atomic mass is 35.5. The Labute approximate surface area is 137 Å². The van der Waals surface area contributed by atoms with Gasteiger partial charge >= 0.3 is 0 Å². The molecule has 22 heavy (non-hydrogen) atoms. The third-order valence-corrected chi connectivity index (χ3v) is 3.93. The van der Waals surface area contributed by atoms with Crippen LogP contribution in [-0.4, -0.2) is 42.4 Å². The molecule has 1 aliphatic rings. The van der Waals surface area contributed by atoms with E-state index in [0.717, 1.165) is 32.2 Å². The van der Waals surface area contributed by atoms with E-state index in [-0.39, 0.29) is 43.4 Å². The fourth-order valence-electron chi connectivity index (χ4n) is 2.79. The zero-order valence-corrected chi connectivity index (χ0v) is 13.5. The van der Waals surface area contributed by atoms with Crippen molar-refractivity contribution in [3.05, 3.63) is 35.9 Å². The average Bonchev–Trinajstić information content (AvgIpc) is 2.99. The summed E-state index contributed by atoms with van der Waals surface area (Å²) in [7, 11) is 0. The second-order valence-electron chi connectivity index (χ2n) is 5.39. The maximum atomic E-state index is 12.2. The molecule has 1 heterocycles. The number of halogens is 1. The number of nitrogens with one attached hydrogen (secondary N) is 1. The molecule has 0 bridgehead atoms. The number of hydrogen-bond donors (Lipinski definition) is 2. The molecule has 1 saturated heterocycles. The molecule has 2 rings (SSSR count). The zero-order chi connectivity index (χ0) is 15.1. The Bertz CT molecular complexity index is 482. The fraction of sp³-hybridized carbons (Fsp3) is 0.500. The second-order valence-corrected chi connectivity index (χ2v) is 5.39. The van der Waals surface area contributed by atoms with Crippen LogP contribution in [0.4, 0.5) is 0 Å². The van der Waals surface area contributed by atoms with Crippen LogP contribution in [0.3, 0.4) is 0 Å². The van der Waals surface area contributed by atoms with Crippen molar-refractivity contribution < 1.29 is 9.59 Å². The van der Waals surface area contributed by atoms with Crippen molar-refractivity contribution in [1.82, 2.24) is 10.2 Å². The van der Waals surface area contributed by atoms with Crippen molar-refractivity contribution >= 4 is 24.2 Å². The number of carbonyl (C=O) groups is 2. The van der Waals surface area contributed by atoms with E-state index in [1.54, 1.807) is 0 Å². The predicted molar refractivity (Wildman–Crippen MR) is 88.8 cm³/mol. The van der Waals surface area contributed by atoms with Gasteiger partial charge in [0.25, 0.3) is 0 Å². The lowest BCUT2D eigenvalue weighted by atomic mass is 10.0. The predicted octanol–water partition coefficient (Wildman–Crippen LogP) is 1.11. The van der Waals surface area contributed by atoms with E-state index < -0.39 is 0 Å². The molecule has 1 aliphatic heterocycles. The molecular weight excluding hydrogens is 302 g/mol. The number of amides is 2. The molecule has 6 heteroatoms. The van der Waals surface area contributed by atoms with Crippen LogP contribution in [0, 0.1) is 0 Å². The maximum Gasteiger partial charge on any atom is 0.242 e. The first-order valence-corrected chi connectivity index (χ1v) is 7.51. The summed E-state index contributed by atoms with van der Waals surface area (Å²) >= 11 is 0. The molecule has 122 valence electrons. The normalized spacial score (nSPS) is 17.0. The molecule has 0 spiro atoms. The highest BCUT2D eigenvalue weighted by Gasteiger charge is 2.28. The number of nitrogens with zero attached hydrogens (tertiary/aromatic N) is 1. The van der Waals surface area contributed by atoms with Crippen molar-refractivity contribution in [2.24, 2.45) is 5.73 Å². The Balaban J connectivity index is 0.00000242. The van der Waals surface area contributed by atoms with Gasteiger partial charge in [-0.25, -0.2) is 0 Å². The van der Waals surface area contributed by atoms with Gasteiger partial charge in [-0.1, -0.05) is 30.3 Å². The van der Waals surface area contributed by atoms with Crippen LogP contribution in [0.2, 0.25) is 0 Å². The quantitative estimate of drug-likeness (QED) is 0.822. The summed E-state index contributed by atoms with van der Waals surface area (Å²) in [5, 5.41) is 2.55. The zero-order valence-electron chi connectivity index (χ0n) is 12.7. The molecule has 2 amide bonds. The Morgan fingerprint density at radius 1 is 1.27 bits per heavy atom. The Morgan fingerprint density at radius 3 is 2.68 bits per heavy atom. The lowest BCUT2D eigenvalue weighted by Gasteiger charge is -2.25. The summed E-state index contributed by atoms with van der Waals surface area (Å²) in [4.78, 5) is 25.2. The molecular formula is C16H24ClN3O2. The van der Waals surface area contributed by atoms with Gasteiger partial charge in [0, 0.05) is 12.6 Å². The number of benzene rings is 1. The van der Waals surface area contributed by atoms with Gasteiger partial charge in [0.2, 0.25) is 11.8 Å². The molecule has 0 radical (unpaired) electrons. The topological polar surface area (TPSA) is 75.4 Å². The first-order valence-electron chi connectivity index (χ1n) is 7.51. The monoisotopic (exact) mass is 325 g/mol. The van der Waals surface area contributed by atoms with Crippen molar-refractivity contribution in [2.45, 2.75) is 31.7 Å². The highest BCUT2D eigenvalue weighted by Crippen LogP contribution is 2.21. The maximum absolute atomic E-state index is 12.2. The van der Waals surface area contributed by atoms with Gasteiger partial charge in [-0.15, -0.1) is 12.4 Å². The lowest BCUT2D eigenvalue weighted by molar-refractivity contribution is -0.133. The standard InChI is InChI=1S/C16H23N3O2.ClH/c17-11-15(20)18-12-16(21)19-10-4-7-14(19)9-8-13-5-2-1-3-6-13;/h1-3,5-6,14H,4,7-12,17H2,(H,18,20);1H. The van der Waals surface area contributed by atoms with E-state index in [9.17, 15) is 9.59 Å². The third kappa shape index (κ3) is 5.31. The van der Waals surface area contributed by atoms with Crippen LogP contribution in [0.25, 0.3) is 0 Å². The van der Waals surface area contributed by atoms with Gasteiger partial charge in [-0.3, -0.25) is 9.59 Å². The second kappa shape index (κ2) is 9.43. The van der Waals surface area contributed by atoms with Gasteiger partial charge in [-0.05, 0) is 31.2 Å². The molecule has 1 atom stereocenters. The molecule has 1 aromatic carbocycles. The number of likely N-dealkylation sites (tertiary alicyclic amines) is 1. The van der Waals surface area contributed by atoms with E-state index in [0.29, 0.717) is 0 Å². The van der Waals surface area contributed by atoms with Crippen LogP contribution in [-0.2, 0) is 16.0 Å². The smallest absolute Gasteiger partial charge is 0.242 e.